The third kappa shape index (κ3) is 2.75. The summed E-state index contributed by atoms with van der Waals surface area (Å²) in [5.74, 6) is 0.404. The first-order chi connectivity index (χ1) is 8.18. The fourth-order valence-electron chi connectivity index (χ4n) is 1.92. The van der Waals surface area contributed by atoms with Crippen molar-refractivity contribution in [2.24, 2.45) is 11.5 Å². The third-order valence-corrected chi connectivity index (χ3v) is 2.91. The van der Waals surface area contributed by atoms with Crippen LogP contribution in [0.2, 0.25) is 0 Å². The van der Waals surface area contributed by atoms with Gasteiger partial charge in [0, 0.05) is 24.6 Å². The molecular weight excluding hydrogens is 218 g/mol. The van der Waals surface area contributed by atoms with Gasteiger partial charge in [0.15, 0.2) is 0 Å². The van der Waals surface area contributed by atoms with Crippen molar-refractivity contribution in [1.29, 1.82) is 0 Å². The van der Waals surface area contributed by atoms with Crippen molar-refractivity contribution in [2.45, 2.75) is 18.5 Å². The molecule has 5 heteroatoms. The summed E-state index contributed by atoms with van der Waals surface area (Å²) in [7, 11) is 0. The average molecular weight is 235 g/mol. The van der Waals surface area contributed by atoms with E-state index in [1.807, 2.05) is 24.3 Å². The van der Waals surface area contributed by atoms with E-state index in [9.17, 15) is 4.79 Å². The van der Waals surface area contributed by atoms with Crippen molar-refractivity contribution in [2.75, 3.05) is 13.2 Å². The lowest BCUT2D eigenvalue weighted by molar-refractivity contribution is -0.119. The molecule has 0 spiro atoms. The molecule has 0 aromatic heterocycles. The Morgan fingerprint density at radius 1 is 1.53 bits per heavy atom. The van der Waals surface area contributed by atoms with Gasteiger partial charge in [-0.25, -0.2) is 0 Å². The summed E-state index contributed by atoms with van der Waals surface area (Å²) in [6, 6.07) is 7.39. The highest BCUT2D eigenvalue weighted by Crippen LogP contribution is 2.31. The van der Waals surface area contributed by atoms with Gasteiger partial charge in [0.1, 0.15) is 5.75 Å². The van der Waals surface area contributed by atoms with Crippen LogP contribution < -0.4 is 21.5 Å². The van der Waals surface area contributed by atoms with E-state index in [1.165, 1.54) is 0 Å². The number of hydrogen-bond donors (Lipinski definition) is 3. The molecule has 0 bridgehead atoms. The Morgan fingerprint density at radius 2 is 2.29 bits per heavy atom. The minimum absolute atomic E-state index is 0.172. The largest absolute Gasteiger partial charge is 0.493 e. The molecule has 0 fully saturated rings. The SMILES string of the molecule is NC(=O)C(N)CNC1CCOc2ccccc21. The van der Waals surface area contributed by atoms with Crippen LogP contribution in [0.3, 0.4) is 0 Å². The molecule has 1 aromatic rings. The monoisotopic (exact) mass is 235 g/mol. The zero-order chi connectivity index (χ0) is 12.3. The van der Waals surface area contributed by atoms with Gasteiger partial charge in [-0.1, -0.05) is 18.2 Å². The normalized spacial score (nSPS) is 20.2. The van der Waals surface area contributed by atoms with E-state index in [2.05, 4.69) is 5.32 Å². The van der Waals surface area contributed by atoms with Gasteiger partial charge in [-0.2, -0.15) is 0 Å². The maximum absolute atomic E-state index is 10.9. The maximum atomic E-state index is 10.9. The number of carbonyl (C=O) groups excluding carboxylic acids is 1. The van der Waals surface area contributed by atoms with Gasteiger partial charge in [-0.05, 0) is 6.07 Å². The number of carbonyl (C=O) groups is 1. The van der Waals surface area contributed by atoms with E-state index < -0.39 is 11.9 Å². The molecule has 5 nitrogen and oxygen atoms in total. The second-order valence-electron chi connectivity index (χ2n) is 4.14. The fraction of sp³-hybridized carbons (Fsp3) is 0.417. The number of amides is 1. The third-order valence-electron chi connectivity index (χ3n) is 2.91. The zero-order valence-corrected chi connectivity index (χ0v) is 9.56. The van der Waals surface area contributed by atoms with Crippen LogP contribution in [0.25, 0.3) is 0 Å². The Bertz CT molecular complexity index is 408. The van der Waals surface area contributed by atoms with Crippen molar-refractivity contribution in [3.8, 4) is 5.75 Å². The van der Waals surface area contributed by atoms with Crippen molar-refractivity contribution in [3.63, 3.8) is 0 Å². The van der Waals surface area contributed by atoms with Crippen LogP contribution >= 0.6 is 0 Å². The number of nitrogens with two attached hydrogens (primary N) is 2. The van der Waals surface area contributed by atoms with Crippen molar-refractivity contribution >= 4 is 5.91 Å². The topological polar surface area (TPSA) is 90.4 Å². The number of ether oxygens (including phenoxy) is 1. The van der Waals surface area contributed by atoms with Crippen molar-refractivity contribution < 1.29 is 9.53 Å². The standard InChI is InChI=1S/C12H17N3O2/c13-9(12(14)16)7-15-10-5-6-17-11-4-2-1-3-8(10)11/h1-4,9-10,15H,5-7,13H2,(H2,14,16). The molecule has 17 heavy (non-hydrogen) atoms. The number of para-hydroxylation sites is 1. The summed E-state index contributed by atoms with van der Waals surface area (Å²) in [5.41, 5.74) is 11.8. The van der Waals surface area contributed by atoms with Crippen LogP contribution in [0.5, 0.6) is 5.75 Å². The lowest BCUT2D eigenvalue weighted by atomic mass is 10.0. The lowest BCUT2D eigenvalue weighted by Gasteiger charge is -2.27. The second-order valence-corrected chi connectivity index (χ2v) is 4.14. The second kappa shape index (κ2) is 5.16. The number of hydrogen-bond acceptors (Lipinski definition) is 4. The van der Waals surface area contributed by atoms with Gasteiger partial charge in [0.25, 0.3) is 0 Å². The highest BCUT2D eigenvalue weighted by atomic mass is 16.5. The van der Waals surface area contributed by atoms with Gasteiger partial charge < -0.3 is 21.5 Å². The summed E-state index contributed by atoms with van der Waals surface area (Å²) in [4.78, 5) is 10.9. The van der Waals surface area contributed by atoms with Gasteiger partial charge in [-0.3, -0.25) is 4.79 Å². The maximum Gasteiger partial charge on any atom is 0.235 e. The molecule has 0 radical (unpaired) electrons. The Labute approximate surface area is 100 Å². The Balaban J connectivity index is 2.01. The van der Waals surface area contributed by atoms with Crippen LogP contribution in [-0.2, 0) is 4.79 Å². The quantitative estimate of drug-likeness (QED) is 0.680. The molecule has 1 aliphatic heterocycles. The van der Waals surface area contributed by atoms with Gasteiger partial charge >= 0.3 is 0 Å². The van der Waals surface area contributed by atoms with Crippen LogP contribution in [0.1, 0.15) is 18.0 Å². The predicted molar refractivity (Wildman–Crippen MR) is 64.5 cm³/mol. The molecule has 0 saturated carbocycles. The van der Waals surface area contributed by atoms with E-state index in [-0.39, 0.29) is 6.04 Å². The molecule has 1 amide bonds. The Hall–Kier alpha value is -1.59. The van der Waals surface area contributed by atoms with Crippen LogP contribution in [0.15, 0.2) is 24.3 Å². The van der Waals surface area contributed by atoms with E-state index >= 15 is 0 Å². The number of fused-ring (bicyclic) bond motifs is 1. The zero-order valence-electron chi connectivity index (χ0n) is 9.56. The van der Waals surface area contributed by atoms with E-state index in [0.29, 0.717) is 13.2 Å². The van der Waals surface area contributed by atoms with Crippen molar-refractivity contribution in [1.82, 2.24) is 5.32 Å². The van der Waals surface area contributed by atoms with Crippen molar-refractivity contribution in [3.05, 3.63) is 29.8 Å². The summed E-state index contributed by atoms with van der Waals surface area (Å²) in [6.45, 7) is 1.05. The predicted octanol–water partition coefficient (Wildman–Crippen LogP) is -0.0876. The van der Waals surface area contributed by atoms with E-state index in [1.54, 1.807) is 0 Å². The van der Waals surface area contributed by atoms with Crippen LogP contribution in [-0.4, -0.2) is 25.1 Å². The summed E-state index contributed by atoms with van der Waals surface area (Å²) >= 11 is 0. The van der Waals surface area contributed by atoms with Gasteiger partial charge in [0.2, 0.25) is 5.91 Å². The molecule has 5 N–H and O–H groups in total. The molecule has 1 aliphatic rings. The van der Waals surface area contributed by atoms with Crippen LogP contribution in [0, 0.1) is 0 Å². The molecule has 0 saturated heterocycles. The van der Waals surface area contributed by atoms with Gasteiger partial charge in [-0.15, -0.1) is 0 Å². The lowest BCUT2D eigenvalue weighted by Crippen LogP contribution is -2.45. The van der Waals surface area contributed by atoms with E-state index in [0.717, 1.165) is 17.7 Å². The minimum Gasteiger partial charge on any atom is -0.493 e. The first kappa shape index (κ1) is 11.9. The number of nitrogens with one attached hydrogen (secondary N) is 1. The number of benzene rings is 1. The molecule has 0 aliphatic carbocycles. The molecule has 1 heterocycles. The number of primary amides is 1. The highest BCUT2D eigenvalue weighted by molar-refractivity contribution is 5.79. The first-order valence-corrected chi connectivity index (χ1v) is 5.68. The molecule has 2 atom stereocenters. The molecule has 92 valence electrons. The molecule has 1 aromatic carbocycles. The number of rotatable bonds is 4. The Morgan fingerprint density at radius 3 is 3.06 bits per heavy atom. The fourth-order valence-corrected chi connectivity index (χ4v) is 1.92. The summed E-state index contributed by atoms with van der Waals surface area (Å²) < 4.78 is 5.55. The summed E-state index contributed by atoms with van der Waals surface area (Å²) in [6.07, 6.45) is 0.864. The summed E-state index contributed by atoms with van der Waals surface area (Å²) in [5, 5.41) is 3.25. The average Bonchev–Trinajstić information content (AvgIpc) is 2.35. The molecular formula is C12H17N3O2. The minimum atomic E-state index is -0.648. The smallest absolute Gasteiger partial charge is 0.235 e. The highest BCUT2D eigenvalue weighted by Gasteiger charge is 2.21. The first-order valence-electron chi connectivity index (χ1n) is 5.68. The van der Waals surface area contributed by atoms with Crippen LogP contribution in [0.4, 0.5) is 0 Å². The molecule has 2 rings (SSSR count). The van der Waals surface area contributed by atoms with E-state index in [4.69, 9.17) is 16.2 Å². The molecule has 2 unspecified atom stereocenters. The Kier molecular flexibility index (Phi) is 3.61. The van der Waals surface area contributed by atoms with Gasteiger partial charge in [0.05, 0.1) is 12.6 Å².